The average Bonchev–Trinajstić information content (AvgIpc) is 3.05. The molecule has 32 heavy (non-hydrogen) atoms. The van der Waals surface area contributed by atoms with Crippen LogP contribution in [0.1, 0.15) is 11.1 Å². The van der Waals surface area contributed by atoms with Gasteiger partial charge in [-0.05, 0) is 51.9 Å². The van der Waals surface area contributed by atoms with Crippen LogP contribution in [0.15, 0.2) is 59.5 Å². The third-order valence-electron chi connectivity index (χ3n) is 4.92. The van der Waals surface area contributed by atoms with Crippen LogP contribution in [0, 0.1) is 12.3 Å². The number of imide groups is 1. The Hall–Kier alpha value is -3.40. The number of carbonyl (C=O) groups excluding carboxylic acids is 2. The summed E-state index contributed by atoms with van der Waals surface area (Å²) in [5, 5.41) is 2.16. The minimum absolute atomic E-state index is 0.0625. The number of halogens is 1. The van der Waals surface area contributed by atoms with Crippen LogP contribution in [-0.2, 0) is 11.4 Å². The van der Waals surface area contributed by atoms with Gasteiger partial charge in [-0.3, -0.25) is 14.5 Å². The molecule has 4 rings (SSSR count). The van der Waals surface area contributed by atoms with Crippen molar-refractivity contribution in [3.8, 4) is 23.8 Å². The minimum Gasteiger partial charge on any atom is -0.493 e. The zero-order valence-electron chi connectivity index (χ0n) is 17.1. The number of amides is 2. The molecule has 0 spiro atoms. The van der Waals surface area contributed by atoms with E-state index in [0.29, 0.717) is 28.7 Å². The Morgan fingerprint density at radius 2 is 1.94 bits per heavy atom. The third-order valence-corrected chi connectivity index (χ3v) is 6.11. The zero-order chi connectivity index (χ0) is 22.7. The molecule has 1 heterocycles. The van der Waals surface area contributed by atoms with E-state index >= 15 is 0 Å². The molecule has 0 aliphatic carbocycles. The molecule has 2 amide bonds. The first-order chi connectivity index (χ1) is 15.5. The second-order valence-electron chi connectivity index (χ2n) is 6.93. The summed E-state index contributed by atoms with van der Waals surface area (Å²) >= 11 is 7.33. The summed E-state index contributed by atoms with van der Waals surface area (Å²) in [5.41, 5.74) is 1.63. The van der Waals surface area contributed by atoms with E-state index in [-0.39, 0.29) is 11.4 Å². The molecule has 0 radical (unpaired) electrons. The Morgan fingerprint density at radius 3 is 2.72 bits per heavy atom. The van der Waals surface area contributed by atoms with E-state index in [1.165, 1.54) is 7.11 Å². The Balaban J connectivity index is 1.60. The molecule has 5 nitrogen and oxygen atoms in total. The van der Waals surface area contributed by atoms with Gasteiger partial charge in [-0.2, -0.15) is 0 Å². The third kappa shape index (κ3) is 4.31. The molecule has 1 aliphatic rings. The number of hydrogen-bond acceptors (Lipinski definition) is 5. The Morgan fingerprint density at radius 1 is 1.16 bits per heavy atom. The van der Waals surface area contributed by atoms with Gasteiger partial charge in [0, 0.05) is 0 Å². The number of ether oxygens (including phenoxy) is 2. The summed E-state index contributed by atoms with van der Waals surface area (Å²) in [5.74, 6) is 2.71. The zero-order valence-corrected chi connectivity index (χ0v) is 18.7. The molecule has 3 aromatic rings. The van der Waals surface area contributed by atoms with E-state index in [9.17, 15) is 9.59 Å². The normalized spacial score (nSPS) is 14.8. The summed E-state index contributed by atoms with van der Waals surface area (Å²) in [6, 6.07) is 17.5. The standard InChI is InChI=1S/C25H18ClNO4S/c1-3-11-27-24(28)22(32-25(27)29)14-16-12-20(26)23(21(13-16)30-2)31-15-18-9-6-8-17-7-4-5-10-19(17)18/h1,4-10,12-14H,11,15H2,2H3/b22-14-. The molecule has 0 N–H and O–H groups in total. The molecule has 160 valence electrons. The highest BCUT2D eigenvalue weighted by Crippen LogP contribution is 2.39. The number of rotatable bonds is 6. The molecule has 0 unspecified atom stereocenters. The van der Waals surface area contributed by atoms with Crippen LogP contribution >= 0.6 is 23.4 Å². The number of hydrogen-bond donors (Lipinski definition) is 0. The molecule has 0 aromatic heterocycles. The van der Waals surface area contributed by atoms with Gasteiger partial charge in [-0.25, -0.2) is 0 Å². The van der Waals surface area contributed by atoms with Crippen LogP contribution < -0.4 is 9.47 Å². The van der Waals surface area contributed by atoms with Crippen molar-refractivity contribution >= 4 is 51.4 Å². The average molecular weight is 464 g/mol. The minimum atomic E-state index is -0.427. The highest BCUT2D eigenvalue weighted by molar-refractivity contribution is 8.18. The Kier molecular flexibility index (Phi) is 6.40. The summed E-state index contributed by atoms with van der Waals surface area (Å²) in [7, 11) is 1.51. The Labute approximate surface area is 194 Å². The second-order valence-corrected chi connectivity index (χ2v) is 8.33. The van der Waals surface area contributed by atoms with Gasteiger partial charge in [0.2, 0.25) is 0 Å². The van der Waals surface area contributed by atoms with Crippen LogP contribution in [0.4, 0.5) is 4.79 Å². The fourth-order valence-electron chi connectivity index (χ4n) is 3.41. The van der Waals surface area contributed by atoms with Crippen molar-refractivity contribution < 1.29 is 19.1 Å². The van der Waals surface area contributed by atoms with Gasteiger partial charge >= 0.3 is 0 Å². The molecule has 1 aliphatic heterocycles. The van der Waals surface area contributed by atoms with Crippen molar-refractivity contribution in [2.75, 3.05) is 13.7 Å². The number of thioether (sulfide) groups is 1. The quantitative estimate of drug-likeness (QED) is 0.344. The number of terminal acetylenes is 1. The first kappa shape index (κ1) is 21.8. The SMILES string of the molecule is C#CCN1C(=O)S/C(=C\c2cc(Cl)c(OCc3cccc4ccccc34)c(OC)c2)C1=O. The van der Waals surface area contributed by atoms with Crippen molar-refractivity contribution in [2.45, 2.75) is 6.61 Å². The summed E-state index contributed by atoms with van der Waals surface area (Å²) in [6.07, 6.45) is 6.82. The number of benzene rings is 3. The van der Waals surface area contributed by atoms with E-state index in [4.69, 9.17) is 27.5 Å². The van der Waals surface area contributed by atoms with Gasteiger partial charge in [0.25, 0.3) is 11.1 Å². The summed E-state index contributed by atoms with van der Waals surface area (Å²) < 4.78 is 11.5. The largest absolute Gasteiger partial charge is 0.493 e. The van der Waals surface area contributed by atoms with Crippen molar-refractivity contribution in [3.63, 3.8) is 0 Å². The van der Waals surface area contributed by atoms with Crippen LogP contribution in [0.5, 0.6) is 11.5 Å². The van der Waals surface area contributed by atoms with Crippen molar-refractivity contribution in [1.82, 2.24) is 4.90 Å². The van der Waals surface area contributed by atoms with Gasteiger partial charge in [-0.15, -0.1) is 6.42 Å². The molecule has 1 saturated heterocycles. The topological polar surface area (TPSA) is 55.8 Å². The molecule has 0 saturated carbocycles. The van der Waals surface area contributed by atoms with Crippen LogP contribution in [0.3, 0.4) is 0 Å². The van der Waals surface area contributed by atoms with Gasteiger partial charge in [0.15, 0.2) is 11.5 Å². The highest BCUT2D eigenvalue weighted by Gasteiger charge is 2.34. The van der Waals surface area contributed by atoms with Crippen molar-refractivity contribution in [3.05, 3.63) is 75.7 Å². The fraction of sp³-hybridized carbons (Fsp3) is 0.120. The van der Waals surface area contributed by atoms with E-state index in [2.05, 4.69) is 5.92 Å². The summed E-state index contributed by atoms with van der Waals surface area (Å²) in [4.78, 5) is 25.7. The van der Waals surface area contributed by atoms with Gasteiger partial charge < -0.3 is 9.47 Å². The maximum atomic E-state index is 12.4. The maximum absolute atomic E-state index is 12.4. The van der Waals surface area contributed by atoms with Gasteiger partial charge in [0.05, 0.1) is 23.6 Å². The molecule has 3 aromatic carbocycles. The molecular formula is C25H18ClNO4S. The molecule has 1 fully saturated rings. The van der Waals surface area contributed by atoms with Crippen molar-refractivity contribution in [2.24, 2.45) is 0 Å². The summed E-state index contributed by atoms with van der Waals surface area (Å²) in [6.45, 7) is 0.245. The van der Waals surface area contributed by atoms with Gasteiger partial charge in [-0.1, -0.05) is 60.0 Å². The van der Waals surface area contributed by atoms with E-state index < -0.39 is 11.1 Å². The monoisotopic (exact) mass is 463 g/mol. The van der Waals surface area contributed by atoms with E-state index in [1.807, 2.05) is 42.5 Å². The molecule has 0 bridgehead atoms. The predicted octanol–water partition coefficient (Wildman–Crippen LogP) is 5.75. The fourth-order valence-corrected chi connectivity index (χ4v) is 4.52. The van der Waals surface area contributed by atoms with E-state index in [0.717, 1.165) is 33.0 Å². The number of carbonyl (C=O) groups is 2. The number of fused-ring (bicyclic) bond motifs is 1. The van der Waals surface area contributed by atoms with Gasteiger partial charge in [0.1, 0.15) is 6.61 Å². The lowest BCUT2D eigenvalue weighted by atomic mass is 10.1. The second kappa shape index (κ2) is 9.39. The van der Waals surface area contributed by atoms with Crippen LogP contribution in [-0.4, -0.2) is 29.7 Å². The maximum Gasteiger partial charge on any atom is 0.294 e. The molecule has 7 heteroatoms. The highest BCUT2D eigenvalue weighted by atomic mass is 35.5. The molecule has 0 atom stereocenters. The Bertz CT molecular complexity index is 1290. The number of nitrogens with zero attached hydrogens (tertiary/aromatic N) is 1. The lowest BCUT2D eigenvalue weighted by Gasteiger charge is -2.14. The predicted molar refractivity (Wildman–Crippen MR) is 128 cm³/mol. The first-order valence-corrected chi connectivity index (χ1v) is 10.9. The molecular weight excluding hydrogens is 446 g/mol. The number of methoxy groups -OCH3 is 1. The van der Waals surface area contributed by atoms with E-state index in [1.54, 1.807) is 18.2 Å². The van der Waals surface area contributed by atoms with Crippen LogP contribution in [0.2, 0.25) is 5.02 Å². The van der Waals surface area contributed by atoms with Crippen LogP contribution in [0.25, 0.3) is 16.8 Å². The lowest BCUT2D eigenvalue weighted by molar-refractivity contribution is -0.122. The smallest absolute Gasteiger partial charge is 0.294 e. The van der Waals surface area contributed by atoms with Crippen molar-refractivity contribution in [1.29, 1.82) is 0 Å². The lowest BCUT2D eigenvalue weighted by Crippen LogP contribution is -2.28. The first-order valence-electron chi connectivity index (χ1n) is 9.67.